The topological polar surface area (TPSA) is 76.7 Å². The van der Waals surface area contributed by atoms with E-state index in [0.717, 1.165) is 31.2 Å². The maximum atomic E-state index is 13.0. The molecule has 0 aromatic heterocycles. The Balaban J connectivity index is 1.91. The zero-order valence-corrected chi connectivity index (χ0v) is 16.2. The number of carbonyl (C=O) groups excluding carboxylic acids is 2. The Morgan fingerprint density at radius 1 is 1.26 bits per heavy atom. The van der Waals surface area contributed by atoms with Crippen LogP contribution in [0.4, 0.5) is 4.79 Å². The third-order valence-electron chi connectivity index (χ3n) is 5.22. The molecule has 3 unspecified atom stereocenters. The summed E-state index contributed by atoms with van der Waals surface area (Å²) in [7, 11) is 0. The molecule has 2 aliphatic rings. The number of para-hydroxylation sites is 1. The van der Waals surface area contributed by atoms with E-state index in [0.29, 0.717) is 29.5 Å². The monoisotopic (exact) mass is 372 g/mol. The van der Waals surface area contributed by atoms with Crippen molar-refractivity contribution in [1.29, 1.82) is 0 Å². The Labute approximate surface area is 160 Å². The number of amides is 2. The van der Waals surface area contributed by atoms with Crippen LogP contribution in [0.3, 0.4) is 0 Å². The highest BCUT2D eigenvalue weighted by atomic mass is 16.5. The van der Waals surface area contributed by atoms with E-state index in [1.807, 2.05) is 31.2 Å². The molecule has 0 spiro atoms. The average molecular weight is 372 g/mol. The van der Waals surface area contributed by atoms with E-state index in [4.69, 9.17) is 9.47 Å². The Kier molecular flexibility index (Phi) is 6.04. The molecule has 0 radical (unpaired) electrons. The highest BCUT2D eigenvalue weighted by molar-refractivity contribution is 5.95. The van der Waals surface area contributed by atoms with Gasteiger partial charge in [0.25, 0.3) is 0 Å². The van der Waals surface area contributed by atoms with Crippen molar-refractivity contribution in [2.75, 3.05) is 6.61 Å². The fourth-order valence-corrected chi connectivity index (χ4v) is 3.75. The maximum Gasteiger partial charge on any atom is 0.338 e. The first-order valence-corrected chi connectivity index (χ1v) is 9.72. The van der Waals surface area contributed by atoms with E-state index in [9.17, 15) is 9.59 Å². The Morgan fingerprint density at radius 3 is 2.74 bits per heavy atom. The van der Waals surface area contributed by atoms with Gasteiger partial charge in [-0.2, -0.15) is 0 Å². The Hall–Kier alpha value is -2.50. The molecule has 6 nitrogen and oxygen atoms in total. The van der Waals surface area contributed by atoms with Gasteiger partial charge in [-0.1, -0.05) is 32.0 Å². The van der Waals surface area contributed by atoms with Gasteiger partial charge in [0.15, 0.2) is 0 Å². The van der Waals surface area contributed by atoms with Gasteiger partial charge in [0.2, 0.25) is 0 Å². The highest BCUT2D eigenvalue weighted by Crippen LogP contribution is 2.35. The number of urea groups is 1. The second kappa shape index (κ2) is 8.46. The first kappa shape index (κ1) is 19.3. The fraction of sp³-hybridized carbons (Fsp3) is 0.524. The van der Waals surface area contributed by atoms with Crippen LogP contribution in [0.5, 0.6) is 5.75 Å². The van der Waals surface area contributed by atoms with Crippen molar-refractivity contribution in [3.05, 3.63) is 41.1 Å². The van der Waals surface area contributed by atoms with Crippen molar-refractivity contribution in [1.82, 2.24) is 10.6 Å². The minimum Gasteiger partial charge on any atom is -0.493 e. The van der Waals surface area contributed by atoms with E-state index in [2.05, 4.69) is 17.6 Å². The summed E-state index contributed by atoms with van der Waals surface area (Å²) in [5.74, 6) is 0.646. The zero-order chi connectivity index (χ0) is 19.4. The van der Waals surface area contributed by atoms with Crippen LogP contribution in [0, 0.1) is 5.92 Å². The van der Waals surface area contributed by atoms with E-state index in [1.165, 1.54) is 0 Å². The average Bonchev–Trinajstić information content (AvgIpc) is 3.04. The lowest BCUT2D eigenvalue weighted by atomic mass is 9.94. The maximum absolute atomic E-state index is 13.0. The molecule has 1 fully saturated rings. The molecular formula is C21H28N2O4. The number of hydrogen-bond acceptors (Lipinski definition) is 4. The van der Waals surface area contributed by atoms with E-state index in [1.54, 1.807) is 6.92 Å². The van der Waals surface area contributed by atoms with Crippen LogP contribution in [0.25, 0.3) is 0 Å². The number of hydrogen-bond donors (Lipinski definition) is 2. The van der Waals surface area contributed by atoms with Crippen molar-refractivity contribution in [3.8, 4) is 5.75 Å². The van der Waals surface area contributed by atoms with Crippen molar-refractivity contribution in [2.45, 2.75) is 58.6 Å². The minimum absolute atomic E-state index is 0.0670. The van der Waals surface area contributed by atoms with Gasteiger partial charge in [-0.25, -0.2) is 9.59 Å². The van der Waals surface area contributed by atoms with Crippen LogP contribution in [-0.4, -0.2) is 24.7 Å². The Bertz CT molecular complexity index is 743. The number of benzene rings is 1. The molecule has 1 heterocycles. The van der Waals surface area contributed by atoms with Crippen molar-refractivity contribution in [3.63, 3.8) is 0 Å². The quantitative estimate of drug-likeness (QED) is 0.744. The molecule has 0 bridgehead atoms. The van der Waals surface area contributed by atoms with Crippen molar-refractivity contribution < 1.29 is 19.1 Å². The number of ether oxygens (including phenoxy) is 2. The smallest absolute Gasteiger partial charge is 0.338 e. The molecule has 146 valence electrons. The van der Waals surface area contributed by atoms with E-state index < -0.39 is 6.04 Å². The molecule has 3 rings (SSSR count). The zero-order valence-electron chi connectivity index (χ0n) is 16.2. The summed E-state index contributed by atoms with van der Waals surface area (Å²) in [4.78, 5) is 25.1. The number of nitrogens with one attached hydrogen (secondary N) is 2. The lowest BCUT2D eigenvalue weighted by molar-refractivity contribution is -0.146. The van der Waals surface area contributed by atoms with Gasteiger partial charge in [-0.15, -0.1) is 0 Å². The molecule has 27 heavy (non-hydrogen) atoms. The summed E-state index contributed by atoms with van der Waals surface area (Å²) in [6.45, 7) is 6.44. The summed E-state index contributed by atoms with van der Waals surface area (Å²) < 4.78 is 11.7. The van der Waals surface area contributed by atoms with Crippen LogP contribution >= 0.6 is 0 Å². The largest absolute Gasteiger partial charge is 0.493 e. The van der Waals surface area contributed by atoms with Gasteiger partial charge in [0, 0.05) is 11.3 Å². The van der Waals surface area contributed by atoms with Crippen LogP contribution in [-0.2, 0) is 9.53 Å². The lowest BCUT2D eigenvalue weighted by Gasteiger charge is -2.30. The lowest BCUT2D eigenvalue weighted by Crippen LogP contribution is -2.45. The molecule has 1 aliphatic carbocycles. The summed E-state index contributed by atoms with van der Waals surface area (Å²) in [5.41, 5.74) is 1.71. The predicted octanol–water partition coefficient (Wildman–Crippen LogP) is 3.84. The molecule has 6 heteroatoms. The first-order chi connectivity index (χ1) is 13.0. The van der Waals surface area contributed by atoms with Crippen LogP contribution in [0.1, 0.15) is 58.1 Å². The number of esters is 1. The summed E-state index contributed by atoms with van der Waals surface area (Å²) in [5, 5.41) is 5.55. The molecule has 2 N–H and O–H groups in total. The number of carbonyl (C=O) groups is 2. The third kappa shape index (κ3) is 4.26. The minimum atomic E-state index is -0.601. The molecule has 1 aromatic rings. The molecule has 0 saturated heterocycles. The van der Waals surface area contributed by atoms with Crippen molar-refractivity contribution >= 4 is 12.0 Å². The molecule has 2 amide bonds. The highest BCUT2D eigenvalue weighted by Gasteiger charge is 2.36. The second-order valence-corrected chi connectivity index (χ2v) is 7.31. The second-order valence-electron chi connectivity index (χ2n) is 7.31. The third-order valence-corrected chi connectivity index (χ3v) is 5.22. The summed E-state index contributed by atoms with van der Waals surface area (Å²) in [6, 6.07) is 6.55. The molecule has 1 saturated carbocycles. The first-order valence-electron chi connectivity index (χ1n) is 9.72. The van der Waals surface area contributed by atoms with E-state index in [-0.39, 0.29) is 18.1 Å². The standard InChI is InChI=1S/C21H28N2O4/c1-4-12-26-17-10-6-5-9-15(17)19-18(14(3)22-21(25)23-19)20(24)27-16-11-7-8-13(16)2/h5-6,9-10,13,16,19H,4,7-8,11-12H2,1-3H3,(H2,22,23,25). The molecule has 3 atom stereocenters. The molecule has 1 aromatic carbocycles. The molecular weight excluding hydrogens is 344 g/mol. The van der Waals surface area contributed by atoms with Crippen molar-refractivity contribution in [2.24, 2.45) is 5.92 Å². The van der Waals surface area contributed by atoms with Gasteiger partial charge in [0.1, 0.15) is 11.9 Å². The van der Waals surface area contributed by atoms with Gasteiger partial charge in [-0.3, -0.25) is 0 Å². The SMILES string of the molecule is CCCOc1ccccc1C1NC(=O)NC(C)=C1C(=O)OC1CCCC1C. The van der Waals surface area contributed by atoms with Crippen LogP contribution in [0.2, 0.25) is 0 Å². The van der Waals surface area contributed by atoms with E-state index >= 15 is 0 Å². The van der Waals surface area contributed by atoms with Crippen LogP contribution < -0.4 is 15.4 Å². The predicted molar refractivity (Wildman–Crippen MR) is 102 cm³/mol. The van der Waals surface area contributed by atoms with Gasteiger partial charge >= 0.3 is 12.0 Å². The fourth-order valence-electron chi connectivity index (χ4n) is 3.75. The van der Waals surface area contributed by atoms with Gasteiger partial charge < -0.3 is 20.1 Å². The summed E-state index contributed by atoms with van der Waals surface area (Å²) in [6.07, 6.45) is 3.84. The van der Waals surface area contributed by atoms with Crippen LogP contribution in [0.15, 0.2) is 35.5 Å². The molecule has 1 aliphatic heterocycles. The Morgan fingerprint density at radius 2 is 2.04 bits per heavy atom. The van der Waals surface area contributed by atoms with Gasteiger partial charge in [0.05, 0.1) is 18.2 Å². The number of allylic oxidation sites excluding steroid dienone is 1. The van der Waals surface area contributed by atoms with Gasteiger partial charge in [-0.05, 0) is 44.6 Å². The normalized spacial score (nSPS) is 25.0. The summed E-state index contributed by atoms with van der Waals surface area (Å²) >= 11 is 0. The number of rotatable bonds is 6.